The zero-order chi connectivity index (χ0) is 11.3. The molecule has 0 N–H and O–H groups in total. The van der Waals surface area contributed by atoms with Crippen molar-refractivity contribution in [2.24, 2.45) is 0 Å². The summed E-state index contributed by atoms with van der Waals surface area (Å²) in [5.41, 5.74) is 0. The lowest BCUT2D eigenvalue weighted by Crippen LogP contribution is -2.38. The lowest BCUT2D eigenvalue weighted by molar-refractivity contribution is -0.0588. The quantitative estimate of drug-likeness (QED) is 0.634. The van der Waals surface area contributed by atoms with E-state index in [1.54, 1.807) is 28.4 Å². The largest absolute Gasteiger partial charge is 0.382 e. The standard InChI is InChI=1S/C10H20O5/c1-11-5-7-9(13-3)10(14-4)8(15-7)6-12-2/h7-10H,5-6H2,1-4H3/t7-,8-,9-,10+/m0/s1. The molecule has 0 aliphatic carbocycles. The molecule has 0 spiro atoms. The summed E-state index contributed by atoms with van der Waals surface area (Å²) in [5.74, 6) is 0. The van der Waals surface area contributed by atoms with Gasteiger partial charge in [-0.1, -0.05) is 0 Å². The third kappa shape index (κ3) is 2.89. The first-order valence-corrected chi connectivity index (χ1v) is 4.97. The Morgan fingerprint density at radius 2 is 1.20 bits per heavy atom. The maximum absolute atomic E-state index is 5.75. The molecule has 0 aromatic rings. The van der Waals surface area contributed by atoms with Crippen molar-refractivity contribution >= 4 is 0 Å². The van der Waals surface area contributed by atoms with Gasteiger partial charge in [0.1, 0.15) is 24.4 Å². The first-order chi connectivity index (χ1) is 7.28. The summed E-state index contributed by atoms with van der Waals surface area (Å²) < 4.78 is 26.6. The first-order valence-electron chi connectivity index (χ1n) is 4.97. The van der Waals surface area contributed by atoms with Crippen molar-refractivity contribution in [3.63, 3.8) is 0 Å². The highest BCUT2D eigenvalue weighted by Gasteiger charge is 2.45. The van der Waals surface area contributed by atoms with Crippen LogP contribution in [-0.2, 0) is 23.7 Å². The van der Waals surface area contributed by atoms with Crippen molar-refractivity contribution in [2.45, 2.75) is 24.4 Å². The van der Waals surface area contributed by atoms with Crippen molar-refractivity contribution in [1.29, 1.82) is 0 Å². The molecule has 1 heterocycles. The van der Waals surface area contributed by atoms with Gasteiger partial charge < -0.3 is 23.7 Å². The summed E-state index contributed by atoms with van der Waals surface area (Å²) >= 11 is 0. The van der Waals surface area contributed by atoms with Gasteiger partial charge in [-0.2, -0.15) is 0 Å². The monoisotopic (exact) mass is 220 g/mol. The fraction of sp³-hybridized carbons (Fsp3) is 1.00. The van der Waals surface area contributed by atoms with Crippen molar-refractivity contribution in [3.05, 3.63) is 0 Å². The van der Waals surface area contributed by atoms with E-state index in [-0.39, 0.29) is 24.4 Å². The van der Waals surface area contributed by atoms with Gasteiger partial charge in [0.25, 0.3) is 0 Å². The summed E-state index contributed by atoms with van der Waals surface area (Å²) in [6.07, 6.45) is -0.389. The molecular weight excluding hydrogens is 200 g/mol. The molecule has 0 bridgehead atoms. The zero-order valence-electron chi connectivity index (χ0n) is 9.76. The van der Waals surface area contributed by atoms with Crippen LogP contribution in [0.25, 0.3) is 0 Å². The molecule has 4 atom stereocenters. The molecule has 90 valence electrons. The summed E-state index contributed by atoms with van der Waals surface area (Å²) in [7, 11) is 6.58. The van der Waals surface area contributed by atoms with Crippen LogP contribution in [0, 0.1) is 0 Å². The van der Waals surface area contributed by atoms with E-state index >= 15 is 0 Å². The molecule has 0 unspecified atom stereocenters. The minimum absolute atomic E-state index is 0.0925. The van der Waals surface area contributed by atoms with Gasteiger partial charge in [-0.15, -0.1) is 0 Å². The van der Waals surface area contributed by atoms with Gasteiger partial charge in [0.15, 0.2) is 0 Å². The Balaban J connectivity index is 2.62. The van der Waals surface area contributed by atoms with E-state index < -0.39 is 0 Å². The predicted molar refractivity (Wildman–Crippen MR) is 54.0 cm³/mol. The molecule has 15 heavy (non-hydrogen) atoms. The van der Waals surface area contributed by atoms with E-state index in [0.29, 0.717) is 13.2 Å². The maximum atomic E-state index is 5.75. The van der Waals surface area contributed by atoms with Crippen LogP contribution in [0.1, 0.15) is 0 Å². The van der Waals surface area contributed by atoms with Crippen LogP contribution in [0.4, 0.5) is 0 Å². The van der Waals surface area contributed by atoms with Crippen molar-refractivity contribution in [1.82, 2.24) is 0 Å². The smallest absolute Gasteiger partial charge is 0.114 e. The van der Waals surface area contributed by atoms with E-state index in [9.17, 15) is 0 Å². The molecule has 0 amide bonds. The molecule has 1 fully saturated rings. The second kappa shape index (κ2) is 6.40. The number of methoxy groups -OCH3 is 4. The van der Waals surface area contributed by atoms with Crippen LogP contribution >= 0.6 is 0 Å². The lowest BCUT2D eigenvalue weighted by atomic mass is 10.1. The molecule has 1 aliphatic heterocycles. The van der Waals surface area contributed by atoms with Crippen LogP contribution in [0.3, 0.4) is 0 Å². The molecule has 0 aromatic heterocycles. The van der Waals surface area contributed by atoms with Crippen LogP contribution in [-0.4, -0.2) is 66.1 Å². The molecular formula is C10H20O5. The van der Waals surface area contributed by atoms with Crippen molar-refractivity contribution < 1.29 is 23.7 Å². The number of hydrogen-bond acceptors (Lipinski definition) is 5. The van der Waals surface area contributed by atoms with Gasteiger partial charge >= 0.3 is 0 Å². The SMILES string of the molecule is COC[C@@H]1O[C@@H](COC)[C@@H](OC)[C@H]1OC. The summed E-state index contributed by atoms with van der Waals surface area (Å²) in [6.45, 7) is 0.997. The lowest BCUT2D eigenvalue weighted by Gasteiger charge is -2.20. The molecule has 1 aliphatic rings. The maximum Gasteiger partial charge on any atom is 0.114 e. The minimum Gasteiger partial charge on any atom is -0.382 e. The normalized spacial score (nSPS) is 36.0. The fourth-order valence-corrected chi connectivity index (χ4v) is 1.97. The Morgan fingerprint density at radius 1 is 0.800 bits per heavy atom. The van der Waals surface area contributed by atoms with Crippen molar-refractivity contribution in [3.8, 4) is 0 Å². The van der Waals surface area contributed by atoms with Crippen LogP contribution in [0.15, 0.2) is 0 Å². The van der Waals surface area contributed by atoms with E-state index in [0.717, 1.165) is 0 Å². The van der Waals surface area contributed by atoms with E-state index in [4.69, 9.17) is 23.7 Å². The van der Waals surface area contributed by atoms with Gasteiger partial charge in [0.05, 0.1) is 13.2 Å². The molecule has 1 saturated heterocycles. The molecule has 5 nitrogen and oxygen atoms in total. The second-order valence-corrected chi connectivity index (χ2v) is 3.52. The Kier molecular flexibility index (Phi) is 5.49. The highest BCUT2D eigenvalue weighted by molar-refractivity contribution is 4.92. The Morgan fingerprint density at radius 3 is 1.47 bits per heavy atom. The highest BCUT2D eigenvalue weighted by atomic mass is 16.6. The third-order valence-corrected chi connectivity index (χ3v) is 2.61. The molecule has 0 aromatic carbocycles. The van der Waals surface area contributed by atoms with Crippen molar-refractivity contribution in [2.75, 3.05) is 41.7 Å². The van der Waals surface area contributed by atoms with E-state index in [1.807, 2.05) is 0 Å². The third-order valence-electron chi connectivity index (χ3n) is 2.61. The zero-order valence-corrected chi connectivity index (χ0v) is 9.76. The Bertz CT molecular complexity index is 157. The van der Waals surface area contributed by atoms with E-state index in [1.165, 1.54) is 0 Å². The fourth-order valence-electron chi connectivity index (χ4n) is 1.97. The van der Waals surface area contributed by atoms with Crippen LogP contribution in [0.2, 0.25) is 0 Å². The van der Waals surface area contributed by atoms with Gasteiger partial charge in [0.2, 0.25) is 0 Å². The highest BCUT2D eigenvalue weighted by Crippen LogP contribution is 2.26. The average molecular weight is 220 g/mol. The average Bonchev–Trinajstić information content (AvgIpc) is 2.56. The number of ether oxygens (including phenoxy) is 5. The van der Waals surface area contributed by atoms with E-state index in [2.05, 4.69) is 0 Å². The Labute approximate surface area is 90.6 Å². The number of hydrogen-bond donors (Lipinski definition) is 0. The van der Waals surface area contributed by atoms with Gasteiger partial charge in [-0.05, 0) is 0 Å². The summed E-state index contributed by atoms with van der Waals surface area (Å²) in [4.78, 5) is 0. The summed E-state index contributed by atoms with van der Waals surface area (Å²) in [5, 5.41) is 0. The molecule has 0 radical (unpaired) electrons. The van der Waals surface area contributed by atoms with Gasteiger partial charge in [-0.3, -0.25) is 0 Å². The molecule has 0 saturated carbocycles. The molecule has 1 rings (SSSR count). The van der Waals surface area contributed by atoms with Gasteiger partial charge in [0, 0.05) is 28.4 Å². The van der Waals surface area contributed by atoms with Gasteiger partial charge in [-0.25, -0.2) is 0 Å². The van der Waals surface area contributed by atoms with Crippen LogP contribution in [0.5, 0.6) is 0 Å². The van der Waals surface area contributed by atoms with Crippen LogP contribution < -0.4 is 0 Å². The predicted octanol–water partition coefficient (Wildman–Crippen LogP) is 0.0766. The minimum atomic E-state index is -0.102. The topological polar surface area (TPSA) is 46.2 Å². The summed E-state index contributed by atoms with van der Waals surface area (Å²) in [6, 6.07) is 0. The Hall–Kier alpha value is -0.200. The first kappa shape index (κ1) is 12.9. The second-order valence-electron chi connectivity index (χ2n) is 3.52. The number of rotatable bonds is 6. The molecule has 5 heteroatoms.